The van der Waals surface area contributed by atoms with Crippen LogP contribution in [0.4, 0.5) is 9.59 Å². The lowest BCUT2D eigenvalue weighted by Crippen LogP contribution is -2.60. The zero-order chi connectivity index (χ0) is 37.6. The average Bonchev–Trinajstić information content (AvgIpc) is 3.67. The molecule has 6 amide bonds. The monoisotopic (exact) mass is 710 g/mol. The van der Waals surface area contributed by atoms with E-state index in [-0.39, 0.29) is 42.2 Å². The topological polar surface area (TPSA) is 189 Å². The number of primary amides is 1. The van der Waals surface area contributed by atoms with Gasteiger partial charge in [-0.1, -0.05) is 78.1 Å². The quantitative estimate of drug-likeness (QED) is 0.183. The summed E-state index contributed by atoms with van der Waals surface area (Å²) >= 11 is 0. The lowest BCUT2D eigenvalue weighted by molar-refractivity contribution is -0.143. The molecule has 1 saturated heterocycles. The second-order valence-electron chi connectivity index (χ2n) is 16.4. The molecule has 0 bridgehead atoms. The molecule has 2 fully saturated rings. The van der Waals surface area contributed by atoms with Gasteiger partial charge in [-0.2, -0.15) is 0 Å². The van der Waals surface area contributed by atoms with Crippen LogP contribution in [0.3, 0.4) is 0 Å². The second kappa shape index (κ2) is 16.9. The molecule has 1 heterocycles. The van der Waals surface area contributed by atoms with E-state index in [4.69, 9.17) is 10.5 Å². The van der Waals surface area contributed by atoms with Crippen molar-refractivity contribution in [3.05, 3.63) is 35.4 Å². The number of likely N-dealkylation sites (tertiary alicyclic amines) is 1. The summed E-state index contributed by atoms with van der Waals surface area (Å²) in [7, 11) is 0. The van der Waals surface area contributed by atoms with E-state index in [1.807, 2.05) is 72.7 Å². The predicted octanol–water partition coefficient (Wildman–Crippen LogP) is 3.22. The number of alkyl carbamates (subject to hydrolysis) is 1. The summed E-state index contributed by atoms with van der Waals surface area (Å²) in [5.74, 6) is -2.76. The van der Waals surface area contributed by atoms with Crippen LogP contribution in [-0.4, -0.2) is 83.9 Å². The normalized spacial score (nSPS) is 20.9. The van der Waals surface area contributed by atoms with Crippen molar-refractivity contribution < 1.29 is 33.5 Å². The van der Waals surface area contributed by atoms with Gasteiger partial charge >= 0.3 is 12.1 Å². The standard InChI is InChI=1S/C38H58N6O7/c1-21(2)27-18-29(34(47)41-28(32(45)33(39)46)15-23-11-10-12-23)44(19-27)35(48)31(26-16-24-13-8-9-14-25(24)17-26)43-36(49)42-30(38(5,6)7)20-51-37(50)40-22(3)4/h8-9,13-14,21-23,26-31H,10-12,15-20H2,1-7H3,(H2,39,46)(H,40,50)(H,41,47)(H2,42,43,49)/t27-,28?,29?,30?,31?/m1/s1. The highest BCUT2D eigenvalue weighted by atomic mass is 16.5. The number of hydrogen-bond acceptors (Lipinski definition) is 7. The fraction of sp³-hybridized carbons (Fsp3) is 0.684. The van der Waals surface area contributed by atoms with E-state index >= 15 is 0 Å². The molecule has 2 aliphatic carbocycles. The maximum absolute atomic E-state index is 14.7. The molecule has 13 heteroatoms. The predicted molar refractivity (Wildman–Crippen MR) is 192 cm³/mol. The Bertz CT molecular complexity index is 1430. The van der Waals surface area contributed by atoms with Gasteiger partial charge in [-0.3, -0.25) is 19.2 Å². The van der Waals surface area contributed by atoms with Gasteiger partial charge in [0.15, 0.2) is 0 Å². The number of amides is 6. The molecule has 1 aliphatic heterocycles. The maximum Gasteiger partial charge on any atom is 0.407 e. The van der Waals surface area contributed by atoms with E-state index in [0.29, 0.717) is 32.2 Å². The number of rotatable bonds is 14. The van der Waals surface area contributed by atoms with Gasteiger partial charge in [-0.25, -0.2) is 9.59 Å². The van der Waals surface area contributed by atoms with Crippen molar-refractivity contribution in [2.75, 3.05) is 13.2 Å². The molecule has 1 aromatic rings. The van der Waals surface area contributed by atoms with Crippen molar-refractivity contribution in [3.63, 3.8) is 0 Å². The molecule has 0 radical (unpaired) electrons. The van der Waals surface area contributed by atoms with Crippen LogP contribution in [0.15, 0.2) is 24.3 Å². The Hall–Kier alpha value is -4.16. The van der Waals surface area contributed by atoms with E-state index in [2.05, 4.69) is 21.3 Å². The van der Waals surface area contributed by atoms with Crippen molar-refractivity contribution in [2.24, 2.45) is 34.8 Å². The number of nitrogens with two attached hydrogens (primary N) is 1. The van der Waals surface area contributed by atoms with E-state index in [0.717, 1.165) is 30.4 Å². The van der Waals surface area contributed by atoms with Crippen LogP contribution in [0, 0.1) is 29.1 Å². The number of carbonyl (C=O) groups is 6. The minimum Gasteiger partial charge on any atom is -0.447 e. The van der Waals surface area contributed by atoms with Gasteiger partial charge in [-0.15, -0.1) is 0 Å². The molecule has 51 heavy (non-hydrogen) atoms. The Morgan fingerprint density at radius 2 is 1.53 bits per heavy atom. The summed E-state index contributed by atoms with van der Waals surface area (Å²) < 4.78 is 5.43. The van der Waals surface area contributed by atoms with E-state index in [9.17, 15) is 28.8 Å². The largest absolute Gasteiger partial charge is 0.447 e. The van der Waals surface area contributed by atoms with Gasteiger partial charge in [-0.05, 0) is 79.7 Å². The smallest absolute Gasteiger partial charge is 0.407 e. The van der Waals surface area contributed by atoms with Crippen molar-refractivity contribution in [1.82, 2.24) is 26.2 Å². The first kappa shape index (κ1) is 39.6. The number of Topliss-reactive ketones (excluding diaryl/α,β-unsaturated/α-hetero) is 1. The number of ketones is 1. The highest BCUT2D eigenvalue weighted by Gasteiger charge is 2.46. The third-order valence-electron chi connectivity index (χ3n) is 10.8. The Balaban J connectivity index is 1.58. The number of fused-ring (bicyclic) bond motifs is 1. The zero-order valence-corrected chi connectivity index (χ0v) is 31.3. The zero-order valence-electron chi connectivity index (χ0n) is 31.3. The van der Waals surface area contributed by atoms with Crippen LogP contribution in [0.1, 0.15) is 91.7 Å². The van der Waals surface area contributed by atoms with E-state index < -0.39 is 59.3 Å². The fourth-order valence-electron chi connectivity index (χ4n) is 7.25. The number of benzene rings is 1. The number of urea groups is 1. The number of carbonyl (C=O) groups excluding carboxylic acids is 6. The first-order valence-electron chi connectivity index (χ1n) is 18.5. The van der Waals surface area contributed by atoms with E-state index in [1.54, 1.807) is 4.90 Å². The Kier molecular flexibility index (Phi) is 13.1. The molecule has 4 unspecified atom stereocenters. The minimum absolute atomic E-state index is 0.00344. The van der Waals surface area contributed by atoms with Crippen LogP contribution >= 0.6 is 0 Å². The van der Waals surface area contributed by atoms with E-state index in [1.165, 1.54) is 0 Å². The molecule has 4 rings (SSSR count). The van der Waals surface area contributed by atoms with Gasteiger partial charge in [0.1, 0.15) is 18.7 Å². The van der Waals surface area contributed by atoms with Crippen LogP contribution in [0.25, 0.3) is 0 Å². The lowest BCUT2D eigenvalue weighted by Gasteiger charge is -2.35. The van der Waals surface area contributed by atoms with Gasteiger partial charge in [0.2, 0.25) is 17.6 Å². The second-order valence-corrected chi connectivity index (χ2v) is 16.4. The molecule has 282 valence electrons. The van der Waals surface area contributed by atoms with Crippen LogP contribution in [0.5, 0.6) is 0 Å². The Morgan fingerprint density at radius 3 is 2.04 bits per heavy atom. The molecule has 3 aliphatic rings. The fourth-order valence-corrected chi connectivity index (χ4v) is 7.25. The lowest BCUT2D eigenvalue weighted by atomic mass is 9.80. The van der Waals surface area contributed by atoms with Crippen LogP contribution in [0.2, 0.25) is 0 Å². The van der Waals surface area contributed by atoms with Gasteiger partial charge in [0.25, 0.3) is 5.91 Å². The Labute approximate surface area is 301 Å². The number of ether oxygens (including phenoxy) is 1. The van der Waals surface area contributed by atoms with Crippen molar-refractivity contribution in [3.8, 4) is 0 Å². The highest BCUT2D eigenvalue weighted by molar-refractivity contribution is 6.37. The molecular weight excluding hydrogens is 652 g/mol. The molecule has 6 N–H and O–H groups in total. The highest BCUT2D eigenvalue weighted by Crippen LogP contribution is 2.35. The summed E-state index contributed by atoms with van der Waals surface area (Å²) in [5, 5.41) is 11.4. The molecule has 1 saturated carbocycles. The first-order valence-corrected chi connectivity index (χ1v) is 18.5. The summed E-state index contributed by atoms with van der Waals surface area (Å²) in [5.41, 5.74) is 7.06. The summed E-state index contributed by atoms with van der Waals surface area (Å²) in [4.78, 5) is 81.0. The number of nitrogens with zero attached hydrogens (tertiary/aromatic N) is 1. The molecule has 1 aromatic carbocycles. The molecule has 0 spiro atoms. The molecule has 0 aromatic heterocycles. The SMILES string of the molecule is CC(C)NC(=O)OCC(NC(=O)NC(C(=O)N1C[C@H](C(C)C)CC1C(=O)NC(CC1CCC1)C(=O)C(N)=O)C1Cc2ccccc2C1)C(C)(C)C. The summed E-state index contributed by atoms with van der Waals surface area (Å²) in [6, 6.07) is 3.69. The third-order valence-corrected chi connectivity index (χ3v) is 10.8. The van der Waals surface area contributed by atoms with Gasteiger partial charge < -0.3 is 36.6 Å². The molecule has 5 atom stereocenters. The average molecular weight is 711 g/mol. The third kappa shape index (κ3) is 10.4. The molecular formula is C38H58N6O7. The minimum atomic E-state index is -1.10. The van der Waals surface area contributed by atoms with Crippen molar-refractivity contribution in [1.29, 1.82) is 0 Å². The molecule has 13 nitrogen and oxygen atoms in total. The summed E-state index contributed by atoms with van der Waals surface area (Å²) in [6.45, 7) is 13.7. The number of nitrogens with one attached hydrogen (secondary N) is 4. The van der Waals surface area contributed by atoms with Crippen molar-refractivity contribution >= 4 is 35.6 Å². The van der Waals surface area contributed by atoms with Crippen LogP contribution < -0.4 is 27.0 Å². The van der Waals surface area contributed by atoms with Crippen LogP contribution in [-0.2, 0) is 36.8 Å². The van der Waals surface area contributed by atoms with Crippen molar-refractivity contribution in [2.45, 2.75) is 124 Å². The maximum atomic E-state index is 14.7. The first-order chi connectivity index (χ1) is 23.9. The van der Waals surface area contributed by atoms with Gasteiger partial charge in [0.05, 0.1) is 12.1 Å². The summed E-state index contributed by atoms with van der Waals surface area (Å²) in [6.07, 6.45) is 4.07. The number of hydrogen-bond donors (Lipinski definition) is 5. The Morgan fingerprint density at radius 1 is 0.902 bits per heavy atom. The van der Waals surface area contributed by atoms with Gasteiger partial charge in [0, 0.05) is 12.6 Å².